The Morgan fingerprint density at radius 1 is 0.947 bits per heavy atom. The molecule has 102 valence electrons. The number of nitrogens with zero attached hydrogens (tertiary/aromatic N) is 2. The summed E-state index contributed by atoms with van der Waals surface area (Å²) >= 11 is 0. The summed E-state index contributed by atoms with van der Waals surface area (Å²) in [5.74, 6) is 0.256. The fraction of sp³-hybridized carbons (Fsp3) is 0.100. The standard InChI is InChI=1S/C10H11N3O6/c1-3-2-4(14)12(13(3)11)5-6(15)8(17)10(19)9(18)7(5)16/h2,15-19H,11H2,1H3. The third-order valence-electron chi connectivity index (χ3n) is 2.68. The van der Waals surface area contributed by atoms with Gasteiger partial charge in [0.25, 0.3) is 5.56 Å². The molecule has 0 unspecified atom stereocenters. The van der Waals surface area contributed by atoms with Gasteiger partial charge in [-0.05, 0) is 6.92 Å². The van der Waals surface area contributed by atoms with Crippen LogP contribution in [-0.2, 0) is 0 Å². The zero-order chi connectivity index (χ0) is 14.5. The Labute approximate surface area is 105 Å². The first-order valence-corrected chi connectivity index (χ1v) is 5.03. The van der Waals surface area contributed by atoms with Gasteiger partial charge in [0.05, 0.1) is 5.69 Å². The Morgan fingerprint density at radius 3 is 1.74 bits per heavy atom. The van der Waals surface area contributed by atoms with Crippen molar-refractivity contribution in [3.63, 3.8) is 0 Å². The first-order valence-electron chi connectivity index (χ1n) is 5.03. The van der Waals surface area contributed by atoms with Crippen molar-refractivity contribution in [3.05, 3.63) is 22.1 Å². The van der Waals surface area contributed by atoms with Crippen LogP contribution in [0.5, 0.6) is 28.7 Å². The lowest BCUT2D eigenvalue weighted by atomic mass is 10.2. The fourth-order valence-electron chi connectivity index (χ4n) is 1.66. The van der Waals surface area contributed by atoms with Crippen molar-refractivity contribution in [2.24, 2.45) is 0 Å². The summed E-state index contributed by atoms with van der Waals surface area (Å²) in [6.45, 7) is 1.49. The van der Waals surface area contributed by atoms with E-state index >= 15 is 0 Å². The number of nitrogens with two attached hydrogens (primary N) is 1. The van der Waals surface area contributed by atoms with Crippen LogP contribution in [0.1, 0.15) is 5.69 Å². The summed E-state index contributed by atoms with van der Waals surface area (Å²) in [5, 5.41) is 47.4. The number of nitrogen functional groups attached to an aromatic ring is 1. The molecule has 0 atom stereocenters. The van der Waals surface area contributed by atoms with Gasteiger partial charge in [0, 0.05) is 6.07 Å². The molecule has 2 aromatic rings. The second-order valence-corrected chi connectivity index (χ2v) is 3.87. The minimum absolute atomic E-state index is 0.302. The predicted octanol–water partition coefficient (Wildman–Crippen LogP) is -0.811. The molecule has 9 nitrogen and oxygen atoms in total. The summed E-state index contributed by atoms with van der Waals surface area (Å²) in [6, 6.07) is 1.11. The highest BCUT2D eigenvalue weighted by Crippen LogP contribution is 2.51. The minimum Gasteiger partial charge on any atom is -0.503 e. The topological polar surface area (TPSA) is 154 Å². The summed E-state index contributed by atoms with van der Waals surface area (Å²) in [7, 11) is 0. The highest BCUT2D eigenvalue weighted by molar-refractivity contribution is 5.73. The highest BCUT2D eigenvalue weighted by Gasteiger charge is 2.26. The summed E-state index contributed by atoms with van der Waals surface area (Å²) < 4.78 is 0.624. The van der Waals surface area contributed by atoms with E-state index in [0.29, 0.717) is 10.4 Å². The second-order valence-electron chi connectivity index (χ2n) is 3.87. The maximum absolute atomic E-state index is 11.7. The van der Waals surface area contributed by atoms with Crippen molar-refractivity contribution in [2.45, 2.75) is 6.92 Å². The average Bonchev–Trinajstić information content (AvgIpc) is 2.61. The van der Waals surface area contributed by atoms with Crippen molar-refractivity contribution in [1.29, 1.82) is 0 Å². The van der Waals surface area contributed by atoms with Crippen LogP contribution in [0, 0.1) is 6.92 Å². The van der Waals surface area contributed by atoms with Crippen LogP contribution in [0.25, 0.3) is 5.69 Å². The number of hydrogen-bond acceptors (Lipinski definition) is 7. The molecule has 0 bridgehead atoms. The van der Waals surface area contributed by atoms with Gasteiger partial charge in [0.1, 0.15) is 0 Å². The maximum Gasteiger partial charge on any atom is 0.273 e. The monoisotopic (exact) mass is 269 g/mol. The van der Waals surface area contributed by atoms with Crippen LogP contribution in [-0.4, -0.2) is 35.0 Å². The largest absolute Gasteiger partial charge is 0.503 e. The zero-order valence-electron chi connectivity index (χ0n) is 9.69. The third kappa shape index (κ3) is 1.52. The van der Waals surface area contributed by atoms with Crippen molar-refractivity contribution >= 4 is 0 Å². The summed E-state index contributed by atoms with van der Waals surface area (Å²) in [6.07, 6.45) is 0. The van der Waals surface area contributed by atoms with Crippen molar-refractivity contribution < 1.29 is 25.5 Å². The lowest BCUT2D eigenvalue weighted by Gasteiger charge is -2.14. The Balaban J connectivity index is 2.95. The molecule has 1 aromatic heterocycles. The average molecular weight is 269 g/mol. The third-order valence-corrected chi connectivity index (χ3v) is 2.68. The number of phenolic OH excluding ortho intramolecular Hbond substituents is 5. The molecular weight excluding hydrogens is 258 g/mol. The molecule has 19 heavy (non-hydrogen) atoms. The predicted molar refractivity (Wildman–Crippen MR) is 63.2 cm³/mol. The Kier molecular flexibility index (Phi) is 2.47. The van der Waals surface area contributed by atoms with Gasteiger partial charge in [0.2, 0.25) is 17.2 Å². The molecule has 0 amide bonds. The number of aromatic hydroxyl groups is 5. The van der Waals surface area contributed by atoms with Gasteiger partial charge in [-0.1, -0.05) is 0 Å². The second kappa shape index (κ2) is 3.77. The zero-order valence-corrected chi connectivity index (χ0v) is 9.69. The van der Waals surface area contributed by atoms with Crippen molar-refractivity contribution in [2.75, 3.05) is 5.84 Å². The molecule has 0 fully saturated rings. The summed E-state index contributed by atoms with van der Waals surface area (Å²) in [5.41, 5.74) is -1.06. The first-order chi connectivity index (χ1) is 8.77. The molecule has 0 aliphatic heterocycles. The van der Waals surface area contributed by atoms with E-state index in [4.69, 9.17) is 5.84 Å². The lowest BCUT2D eigenvalue weighted by molar-refractivity contribution is 0.325. The van der Waals surface area contributed by atoms with E-state index in [0.717, 1.165) is 10.9 Å². The molecule has 1 aromatic carbocycles. The van der Waals surface area contributed by atoms with Gasteiger partial charge >= 0.3 is 0 Å². The normalized spacial score (nSPS) is 10.8. The molecule has 0 radical (unpaired) electrons. The van der Waals surface area contributed by atoms with E-state index in [9.17, 15) is 30.3 Å². The number of phenols is 5. The van der Waals surface area contributed by atoms with Crippen LogP contribution < -0.4 is 11.4 Å². The van der Waals surface area contributed by atoms with Gasteiger partial charge in [-0.15, -0.1) is 0 Å². The number of benzene rings is 1. The summed E-state index contributed by atoms with van der Waals surface area (Å²) in [4.78, 5) is 12.5. The molecular formula is C10H11N3O6. The number of aromatic nitrogens is 2. The van der Waals surface area contributed by atoms with Gasteiger partial charge in [-0.3, -0.25) is 4.79 Å². The van der Waals surface area contributed by atoms with Gasteiger partial charge in [0.15, 0.2) is 17.2 Å². The van der Waals surface area contributed by atoms with Gasteiger partial charge in [-0.25, -0.2) is 0 Å². The Morgan fingerprint density at radius 2 is 1.37 bits per heavy atom. The smallest absolute Gasteiger partial charge is 0.273 e. The number of rotatable bonds is 1. The lowest BCUT2D eigenvalue weighted by Crippen LogP contribution is -2.26. The van der Waals surface area contributed by atoms with Crippen molar-refractivity contribution in [1.82, 2.24) is 9.47 Å². The van der Waals surface area contributed by atoms with E-state index in [-0.39, 0.29) is 0 Å². The molecule has 7 N–H and O–H groups in total. The van der Waals surface area contributed by atoms with Gasteiger partial charge in [-0.2, -0.15) is 9.47 Å². The molecule has 9 heteroatoms. The molecule has 0 aliphatic rings. The minimum atomic E-state index is -1.11. The molecule has 0 saturated carbocycles. The van der Waals surface area contributed by atoms with Crippen LogP contribution in [0.3, 0.4) is 0 Å². The van der Waals surface area contributed by atoms with E-state index in [1.54, 1.807) is 0 Å². The van der Waals surface area contributed by atoms with E-state index in [1.807, 2.05) is 0 Å². The molecule has 0 saturated heterocycles. The Hall–Kier alpha value is -2.97. The number of hydrogen-bond donors (Lipinski definition) is 6. The molecule has 1 heterocycles. The van der Waals surface area contributed by atoms with Gasteiger partial charge < -0.3 is 31.4 Å². The van der Waals surface area contributed by atoms with E-state index < -0.39 is 40.0 Å². The van der Waals surface area contributed by atoms with Crippen LogP contribution in [0.4, 0.5) is 0 Å². The molecule has 0 aliphatic carbocycles. The van der Waals surface area contributed by atoms with Crippen LogP contribution in [0.15, 0.2) is 10.9 Å². The molecule has 0 spiro atoms. The highest BCUT2D eigenvalue weighted by atomic mass is 16.4. The van der Waals surface area contributed by atoms with E-state index in [2.05, 4.69) is 0 Å². The fourth-order valence-corrected chi connectivity index (χ4v) is 1.66. The number of aryl methyl sites for hydroxylation is 1. The molecule has 2 rings (SSSR count). The van der Waals surface area contributed by atoms with E-state index in [1.165, 1.54) is 6.92 Å². The SMILES string of the molecule is Cc1cc(=O)n(-c2c(O)c(O)c(O)c(O)c2O)n1N. The van der Waals surface area contributed by atoms with Crippen LogP contribution >= 0.6 is 0 Å². The quantitative estimate of drug-likeness (QED) is 0.225. The maximum atomic E-state index is 11.7. The Bertz CT molecular complexity index is 701. The first kappa shape index (κ1) is 12.5. The van der Waals surface area contributed by atoms with Crippen molar-refractivity contribution in [3.8, 4) is 34.4 Å². The van der Waals surface area contributed by atoms with Crippen LogP contribution in [0.2, 0.25) is 0 Å².